The molecule has 0 saturated heterocycles. The molecule has 2 aromatic heterocycles. The zero-order valence-corrected chi connectivity index (χ0v) is 16.0. The molecule has 27 heavy (non-hydrogen) atoms. The number of benzene rings is 1. The van der Waals surface area contributed by atoms with Crippen molar-refractivity contribution in [1.29, 1.82) is 0 Å². The Morgan fingerprint density at radius 3 is 2.67 bits per heavy atom. The van der Waals surface area contributed by atoms with Gasteiger partial charge in [-0.1, -0.05) is 23.2 Å². The normalized spacial score (nSPS) is 17.5. The third-order valence-corrected chi connectivity index (χ3v) is 5.84. The van der Waals surface area contributed by atoms with Gasteiger partial charge in [0.25, 0.3) is 16.0 Å². The molecule has 0 amide bonds. The van der Waals surface area contributed by atoms with Gasteiger partial charge in [-0.3, -0.25) is 9.71 Å². The van der Waals surface area contributed by atoms with Crippen molar-refractivity contribution in [2.45, 2.75) is 17.9 Å². The second-order valence-corrected chi connectivity index (χ2v) is 8.07. The van der Waals surface area contributed by atoms with Crippen LogP contribution in [-0.2, 0) is 10.0 Å². The van der Waals surface area contributed by atoms with Gasteiger partial charge in [0.15, 0.2) is 5.82 Å². The van der Waals surface area contributed by atoms with Crippen molar-refractivity contribution in [2.75, 3.05) is 0 Å². The maximum atomic E-state index is 12.4. The van der Waals surface area contributed by atoms with E-state index in [1.165, 1.54) is 23.1 Å². The third-order valence-electron chi connectivity index (χ3n) is 3.78. The molecule has 0 saturated carbocycles. The van der Waals surface area contributed by atoms with Crippen LogP contribution in [0.25, 0.3) is 5.95 Å². The number of sulfonamides is 1. The molecule has 1 unspecified atom stereocenters. The number of fused-ring (bicyclic) bond motifs is 1. The van der Waals surface area contributed by atoms with Gasteiger partial charge in [-0.05, 0) is 25.1 Å². The number of aromatic nitrogens is 5. The number of rotatable bonds is 3. The largest absolute Gasteiger partial charge is 0.265 e. The van der Waals surface area contributed by atoms with Gasteiger partial charge in [-0.25, -0.2) is 23.4 Å². The van der Waals surface area contributed by atoms with Crippen LogP contribution in [0, 0.1) is 0 Å². The minimum absolute atomic E-state index is 0.0312. The smallest absolute Gasteiger partial charge is 0.263 e. The van der Waals surface area contributed by atoms with Crippen LogP contribution in [0.1, 0.15) is 24.4 Å². The van der Waals surface area contributed by atoms with Crippen LogP contribution in [0.4, 0.5) is 0 Å². The number of hydrogen-bond acceptors (Lipinski definition) is 7. The highest BCUT2D eigenvalue weighted by molar-refractivity contribution is 7.90. The summed E-state index contributed by atoms with van der Waals surface area (Å²) in [5, 5.41) is 4.45. The summed E-state index contributed by atoms with van der Waals surface area (Å²) >= 11 is 12.1. The molecule has 0 bridgehead atoms. The Hall–Kier alpha value is -2.56. The maximum Gasteiger partial charge on any atom is 0.265 e. The van der Waals surface area contributed by atoms with Crippen LogP contribution >= 0.6 is 23.2 Å². The molecule has 1 atom stereocenters. The standard InChI is InChI=1S/C15H11Cl2N7O2S/c1-8(14-20-7-21-24(14)15-18-3-2-4-19-15)22-13-10-5-9(16)6-11(17)12(10)27(25,26)23-13/h2-8H,1H3,(H,22,23). The molecule has 9 nitrogen and oxygen atoms in total. The molecule has 12 heteroatoms. The van der Waals surface area contributed by atoms with Crippen LogP contribution in [0.5, 0.6) is 0 Å². The van der Waals surface area contributed by atoms with E-state index in [9.17, 15) is 8.42 Å². The van der Waals surface area contributed by atoms with Crippen LogP contribution in [0.3, 0.4) is 0 Å². The van der Waals surface area contributed by atoms with Gasteiger partial charge in [-0.15, -0.1) is 0 Å². The van der Waals surface area contributed by atoms with Crippen LogP contribution in [0.15, 0.2) is 46.8 Å². The molecule has 3 aromatic rings. The summed E-state index contributed by atoms with van der Waals surface area (Å²) in [7, 11) is -3.82. The lowest BCUT2D eigenvalue weighted by atomic mass is 10.2. The van der Waals surface area contributed by atoms with Gasteiger partial charge in [-0.2, -0.15) is 9.78 Å². The molecule has 1 aliphatic rings. The van der Waals surface area contributed by atoms with E-state index in [-0.39, 0.29) is 15.8 Å². The molecular formula is C15H11Cl2N7O2S. The molecule has 138 valence electrons. The van der Waals surface area contributed by atoms with Crippen molar-refractivity contribution in [2.24, 2.45) is 4.99 Å². The predicted molar refractivity (Wildman–Crippen MR) is 98.7 cm³/mol. The van der Waals surface area contributed by atoms with Gasteiger partial charge in [0.1, 0.15) is 23.1 Å². The molecule has 0 aliphatic carbocycles. The van der Waals surface area contributed by atoms with E-state index in [1.807, 2.05) is 0 Å². The summed E-state index contributed by atoms with van der Waals surface area (Å²) in [4.78, 5) is 16.9. The first kappa shape index (κ1) is 17.8. The molecular weight excluding hydrogens is 413 g/mol. The van der Waals surface area contributed by atoms with E-state index < -0.39 is 16.1 Å². The molecule has 0 spiro atoms. The molecule has 3 heterocycles. The average molecular weight is 424 g/mol. The molecule has 0 fully saturated rings. The highest BCUT2D eigenvalue weighted by atomic mass is 35.5. The number of aliphatic imine (C=N–C) groups is 1. The minimum Gasteiger partial charge on any atom is -0.263 e. The third kappa shape index (κ3) is 3.15. The second kappa shape index (κ2) is 6.55. The van der Waals surface area contributed by atoms with Crippen LogP contribution in [0.2, 0.25) is 10.0 Å². The lowest BCUT2D eigenvalue weighted by Crippen LogP contribution is -2.23. The predicted octanol–water partition coefficient (Wildman–Crippen LogP) is 2.16. The topological polar surface area (TPSA) is 115 Å². The fourth-order valence-corrected chi connectivity index (χ4v) is 4.76. The molecule has 1 aromatic carbocycles. The van der Waals surface area contributed by atoms with Crippen molar-refractivity contribution < 1.29 is 8.42 Å². The Labute approximate surface area is 164 Å². The number of halogens is 2. The highest BCUT2D eigenvalue weighted by Gasteiger charge is 2.34. The number of nitrogens with one attached hydrogen (secondary N) is 1. The first-order chi connectivity index (χ1) is 12.9. The van der Waals surface area contributed by atoms with Crippen molar-refractivity contribution in [3.05, 3.63) is 58.4 Å². The lowest BCUT2D eigenvalue weighted by Gasteiger charge is -2.09. The van der Waals surface area contributed by atoms with Gasteiger partial charge in [0.2, 0.25) is 0 Å². The summed E-state index contributed by atoms with van der Waals surface area (Å²) in [6, 6.07) is 3.99. The molecule has 1 aliphatic heterocycles. The van der Waals surface area contributed by atoms with Crippen molar-refractivity contribution in [1.82, 2.24) is 29.5 Å². The van der Waals surface area contributed by atoms with E-state index in [4.69, 9.17) is 23.2 Å². The monoisotopic (exact) mass is 423 g/mol. The summed E-state index contributed by atoms with van der Waals surface area (Å²) < 4.78 is 28.6. The minimum atomic E-state index is -3.82. The maximum absolute atomic E-state index is 12.4. The first-order valence-electron chi connectivity index (χ1n) is 7.64. The van der Waals surface area contributed by atoms with Crippen molar-refractivity contribution in [3.63, 3.8) is 0 Å². The zero-order valence-electron chi connectivity index (χ0n) is 13.7. The van der Waals surface area contributed by atoms with Crippen LogP contribution in [-0.4, -0.2) is 39.0 Å². The summed E-state index contributed by atoms with van der Waals surface area (Å²) in [5.41, 5.74) is 0.307. The molecule has 0 radical (unpaired) electrons. The average Bonchev–Trinajstić information content (AvgIpc) is 3.19. The van der Waals surface area contributed by atoms with Crippen LogP contribution < -0.4 is 4.72 Å². The lowest BCUT2D eigenvalue weighted by molar-refractivity contribution is 0.595. The zero-order chi connectivity index (χ0) is 19.2. The molecule has 1 N–H and O–H groups in total. The summed E-state index contributed by atoms with van der Waals surface area (Å²) in [5.74, 6) is 0.899. The SMILES string of the molecule is CC(N=C1NS(=O)(=O)c2c(Cl)cc(Cl)cc21)c1ncnn1-c1ncccn1. The van der Waals surface area contributed by atoms with Gasteiger partial charge >= 0.3 is 0 Å². The van der Waals surface area contributed by atoms with E-state index in [0.717, 1.165) is 0 Å². The van der Waals surface area contributed by atoms with Crippen molar-refractivity contribution >= 4 is 39.1 Å². The fraction of sp³-hybridized carbons (Fsp3) is 0.133. The number of nitrogens with zero attached hydrogens (tertiary/aromatic N) is 6. The molecule has 4 rings (SSSR count). The Kier molecular flexibility index (Phi) is 4.33. The Bertz CT molecular complexity index is 1160. The second-order valence-electron chi connectivity index (χ2n) is 5.60. The van der Waals surface area contributed by atoms with Gasteiger partial charge < -0.3 is 0 Å². The summed E-state index contributed by atoms with van der Waals surface area (Å²) in [6.07, 6.45) is 4.51. The van der Waals surface area contributed by atoms with Gasteiger partial charge in [0, 0.05) is 23.0 Å². The first-order valence-corrected chi connectivity index (χ1v) is 9.88. The Morgan fingerprint density at radius 2 is 1.93 bits per heavy atom. The van der Waals surface area contributed by atoms with E-state index in [1.54, 1.807) is 25.4 Å². The van der Waals surface area contributed by atoms with Crippen molar-refractivity contribution in [3.8, 4) is 5.95 Å². The van der Waals surface area contributed by atoms with E-state index in [2.05, 4.69) is 29.8 Å². The number of amidine groups is 1. The Balaban J connectivity index is 1.78. The quantitative estimate of drug-likeness (QED) is 0.689. The summed E-state index contributed by atoms with van der Waals surface area (Å²) in [6.45, 7) is 1.74. The highest BCUT2D eigenvalue weighted by Crippen LogP contribution is 2.34. The Morgan fingerprint density at radius 1 is 1.19 bits per heavy atom. The number of hydrogen-bond donors (Lipinski definition) is 1. The fourth-order valence-electron chi connectivity index (χ4n) is 2.68. The van der Waals surface area contributed by atoms with Gasteiger partial charge in [0.05, 0.1) is 5.02 Å². The van der Waals surface area contributed by atoms with E-state index >= 15 is 0 Å². The van der Waals surface area contributed by atoms with E-state index in [0.29, 0.717) is 22.4 Å².